The number of carbonyl (C=O) groups excluding carboxylic acids is 1. The van der Waals surface area contributed by atoms with Crippen molar-refractivity contribution in [3.05, 3.63) is 18.2 Å². The highest BCUT2D eigenvalue weighted by Gasteiger charge is 2.29. The number of rotatable bonds is 5. The normalized spacial score (nSPS) is 13.8. The maximum atomic E-state index is 11.9. The Labute approximate surface area is 128 Å². The second-order valence-corrected chi connectivity index (χ2v) is 8.06. The molecule has 0 radical (unpaired) electrons. The van der Waals surface area contributed by atoms with Crippen LogP contribution in [-0.2, 0) is 27.6 Å². The minimum absolute atomic E-state index is 0.473. The fourth-order valence-electron chi connectivity index (χ4n) is 1.87. The Morgan fingerprint density at radius 3 is 2.52 bits per heavy atom. The Bertz CT molecular complexity index is 518. The first-order chi connectivity index (χ1) is 9.51. The maximum Gasteiger partial charge on any atom is 0.408 e. The van der Waals surface area contributed by atoms with Crippen molar-refractivity contribution in [3.8, 4) is 0 Å². The van der Waals surface area contributed by atoms with Crippen molar-refractivity contribution >= 4 is 16.9 Å². The van der Waals surface area contributed by atoms with Gasteiger partial charge in [-0.1, -0.05) is 0 Å². The Balaban J connectivity index is 2.80. The number of nitrogens with one attached hydrogen (secondary N) is 1. The monoisotopic (exact) mass is 315 g/mol. The highest BCUT2D eigenvalue weighted by molar-refractivity contribution is 7.84. The van der Waals surface area contributed by atoms with E-state index in [1.807, 2.05) is 39.2 Å². The molecule has 6 nitrogen and oxygen atoms in total. The van der Waals surface area contributed by atoms with Crippen molar-refractivity contribution in [1.82, 2.24) is 14.9 Å². The molecular formula is C14H25N3O3S. The highest BCUT2D eigenvalue weighted by atomic mass is 32.2. The molecule has 0 aromatic carbocycles. The lowest BCUT2D eigenvalue weighted by atomic mass is 10.0. The van der Waals surface area contributed by atoms with Crippen molar-refractivity contribution in [1.29, 1.82) is 0 Å². The predicted octanol–water partition coefficient (Wildman–Crippen LogP) is 2.02. The number of aryl methyl sites for hydroxylation is 1. The van der Waals surface area contributed by atoms with Crippen molar-refractivity contribution in [2.75, 3.05) is 12.0 Å². The molecule has 0 bridgehead atoms. The summed E-state index contributed by atoms with van der Waals surface area (Å²) in [5, 5.41) is 2.85. The predicted molar refractivity (Wildman–Crippen MR) is 83.6 cm³/mol. The fourth-order valence-corrected chi connectivity index (χ4v) is 2.32. The smallest absolute Gasteiger partial charge is 0.408 e. The van der Waals surface area contributed by atoms with Crippen molar-refractivity contribution in [3.63, 3.8) is 0 Å². The number of hydrogen-bond acceptors (Lipinski definition) is 4. The van der Waals surface area contributed by atoms with Crippen LogP contribution in [0.5, 0.6) is 0 Å². The SMILES string of the molecule is CS(=O)CCn1cncc1C(C)(C)NC(=O)OC(C)(C)C. The van der Waals surface area contributed by atoms with Gasteiger partial charge in [0.2, 0.25) is 0 Å². The number of ether oxygens (including phenoxy) is 1. The van der Waals surface area contributed by atoms with Crippen LogP contribution in [0.15, 0.2) is 12.5 Å². The van der Waals surface area contributed by atoms with Crippen LogP contribution in [0.3, 0.4) is 0 Å². The van der Waals surface area contributed by atoms with Gasteiger partial charge < -0.3 is 14.6 Å². The molecule has 1 aromatic rings. The van der Waals surface area contributed by atoms with Gasteiger partial charge in [0.25, 0.3) is 0 Å². The van der Waals surface area contributed by atoms with Crippen molar-refractivity contribution < 1.29 is 13.7 Å². The number of aromatic nitrogens is 2. The van der Waals surface area contributed by atoms with Crippen LogP contribution in [0, 0.1) is 0 Å². The Morgan fingerprint density at radius 2 is 2.00 bits per heavy atom. The molecule has 1 N–H and O–H groups in total. The maximum absolute atomic E-state index is 11.9. The molecule has 21 heavy (non-hydrogen) atoms. The van der Waals surface area contributed by atoms with E-state index in [2.05, 4.69) is 10.3 Å². The average Bonchev–Trinajstić information content (AvgIpc) is 2.71. The zero-order valence-corrected chi connectivity index (χ0v) is 14.4. The van der Waals surface area contributed by atoms with Crippen LogP contribution in [0.1, 0.15) is 40.3 Å². The van der Waals surface area contributed by atoms with Gasteiger partial charge in [0, 0.05) is 29.4 Å². The first-order valence-corrected chi connectivity index (χ1v) is 8.56. The Morgan fingerprint density at radius 1 is 1.38 bits per heavy atom. The van der Waals surface area contributed by atoms with Crippen LogP contribution in [0.25, 0.3) is 0 Å². The number of nitrogens with zero attached hydrogens (tertiary/aromatic N) is 2. The second-order valence-electron chi connectivity index (χ2n) is 6.50. The molecule has 0 aliphatic heterocycles. The standard InChI is InChI=1S/C14H25N3O3S/c1-13(2,3)20-12(18)16-14(4,5)11-9-15-10-17(11)7-8-21(6)19/h9-10H,7-8H2,1-6H3,(H,16,18). The molecule has 1 unspecified atom stereocenters. The van der Waals surface area contributed by atoms with Gasteiger partial charge in [0.1, 0.15) is 5.60 Å². The van der Waals surface area contributed by atoms with Crippen LogP contribution in [-0.4, -0.2) is 37.5 Å². The molecule has 1 amide bonds. The summed E-state index contributed by atoms with van der Waals surface area (Å²) in [5.74, 6) is 0.547. The lowest BCUT2D eigenvalue weighted by Crippen LogP contribution is -2.45. The first-order valence-electron chi connectivity index (χ1n) is 6.83. The lowest BCUT2D eigenvalue weighted by Gasteiger charge is -2.29. The van der Waals surface area contributed by atoms with Gasteiger partial charge in [-0.3, -0.25) is 4.21 Å². The fraction of sp³-hybridized carbons (Fsp3) is 0.714. The summed E-state index contributed by atoms with van der Waals surface area (Å²) in [6.07, 6.45) is 4.58. The van der Waals surface area contributed by atoms with E-state index >= 15 is 0 Å². The molecule has 1 atom stereocenters. The zero-order valence-electron chi connectivity index (χ0n) is 13.6. The summed E-state index contributed by atoms with van der Waals surface area (Å²) in [5.41, 5.74) is -0.327. The molecule has 120 valence electrons. The summed E-state index contributed by atoms with van der Waals surface area (Å²) in [4.78, 5) is 16.1. The molecule has 0 aliphatic rings. The minimum Gasteiger partial charge on any atom is -0.444 e. The quantitative estimate of drug-likeness (QED) is 0.902. The summed E-state index contributed by atoms with van der Waals surface area (Å²) >= 11 is 0. The Hall–Kier alpha value is -1.37. The zero-order chi connectivity index (χ0) is 16.3. The molecule has 0 fully saturated rings. The summed E-state index contributed by atoms with van der Waals surface area (Å²) in [7, 11) is -0.870. The Kier molecular flexibility index (Phi) is 5.55. The van der Waals surface area contributed by atoms with E-state index in [-0.39, 0.29) is 0 Å². The van der Waals surface area contributed by atoms with E-state index in [9.17, 15) is 9.00 Å². The van der Waals surface area contributed by atoms with E-state index in [0.717, 1.165) is 5.69 Å². The summed E-state index contributed by atoms with van der Waals surface area (Å²) in [6.45, 7) is 9.82. The highest BCUT2D eigenvalue weighted by Crippen LogP contribution is 2.20. The minimum atomic E-state index is -0.870. The van der Waals surface area contributed by atoms with E-state index in [1.54, 1.807) is 18.8 Å². The number of hydrogen-bond donors (Lipinski definition) is 1. The number of carbonyl (C=O) groups is 1. The van der Waals surface area contributed by atoms with Crippen molar-refractivity contribution in [2.24, 2.45) is 0 Å². The number of alkyl carbamates (subject to hydrolysis) is 1. The van der Waals surface area contributed by atoms with Gasteiger partial charge in [0.05, 0.1) is 23.8 Å². The first kappa shape index (κ1) is 17.7. The summed E-state index contributed by atoms with van der Waals surface area (Å²) < 4.78 is 18.4. The third-order valence-corrected chi connectivity index (χ3v) is 3.54. The molecule has 0 saturated heterocycles. The van der Waals surface area contributed by atoms with Crippen LogP contribution < -0.4 is 5.32 Å². The van der Waals surface area contributed by atoms with E-state index < -0.39 is 28.0 Å². The largest absolute Gasteiger partial charge is 0.444 e. The number of imidazole rings is 1. The third-order valence-electron chi connectivity index (χ3n) is 2.79. The van der Waals surface area contributed by atoms with Crippen LogP contribution >= 0.6 is 0 Å². The molecule has 7 heteroatoms. The van der Waals surface area contributed by atoms with Gasteiger partial charge in [0.15, 0.2) is 0 Å². The molecule has 1 heterocycles. The lowest BCUT2D eigenvalue weighted by molar-refractivity contribution is 0.0466. The molecular weight excluding hydrogens is 290 g/mol. The molecule has 0 aliphatic carbocycles. The topological polar surface area (TPSA) is 73.2 Å². The van der Waals surface area contributed by atoms with Gasteiger partial charge in [-0.2, -0.15) is 0 Å². The van der Waals surface area contributed by atoms with Crippen LogP contribution in [0.4, 0.5) is 4.79 Å². The second kappa shape index (κ2) is 6.60. The molecule has 1 aromatic heterocycles. The van der Waals surface area contributed by atoms with Gasteiger partial charge in [-0.25, -0.2) is 9.78 Å². The van der Waals surface area contributed by atoms with E-state index in [0.29, 0.717) is 12.3 Å². The average molecular weight is 315 g/mol. The number of amides is 1. The van der Waals surface area contributed by atoms with Gasteiger partial charge >= 0.3 is 6.09 Å². The molecule has 0 saturated carbocycles. The molecule has 1 rings (SSSR count). The van der Waals surface area contributed by atoms with E-state index in [4.69, 9.17) is 4.74 Å². The van der Waals surface area contributed by atoms with Gasteiger partial charge in [-0.05, 0) is 34.6 Å². The third kappa shape index (κ3) is 5.87. The van der Waals surface area contributed by atoms with E-state index in [1.165, 1.54) is 0 Å². The molecule has 0 spiro atoms. The van der Waals surface area contributed by atoms with Crippen LogP contribution in [0.2, 0.25) is 0 Å². The van der Waals surface area contributed by atoms with Crippen molar-refractivity contribution in [2.45, 2.75) is 52.3 Å². The summed E-state index contributed by atoms with van der Waals surface area (Å²) in [6, 6.07) is 0. The van der Waals surface area contributed by atoms with Gasteiger partial charge in [-0.15, -0.1) is 0 Å².